The monoisotopic (exact) mass is 234 g/mol. The van der Waals surface area contributed by atoms with Gasteiger partial charge < -0.3 is 10.8 Å². The van der Waals surface area contributed by atoms with Gasteiger partial charge in [-0.2, -0.15) is 0 Å². The maximum Gasteiger partial charge on any atom is 0.239 e. The average molecular weight is 234 g/mol. The van der Waals surface area contributed by atoms with E-state index in [1.54, 1.807) is 24.3 Å². The summed E-state index contributed by atoms with van der Waals surface area (Å²) in [5.41, 5.74) is 6.14. The molecule has 1 fully saturated rings. The number of carbonyl (C=O) groups is 1. The highest BCUT2D eigenvalue weighted by atomic mass is 16.3. The largest absolute Gasteiger partial charge is 0.508 e. The van der Waals surface area contributed by atoms with Gasteiger partial charge in [0.2, 0.25) is 5.91 Å². The molecule has 4 nitrogen and oxygen atoms in total. The average Bonchev–Trinajstić information content (AvgIpc) is 2.78. The summed E-state index contributed by atoms with van der Waals surface area (Å²) in [7, 11) is 0. The summed E-state index contributed by atoms with van der Waals surface area (Å²) in [5.74, 6) is -0.246. The van der Waals surface area contributed by atoms with Crippen molar-refractivity contribution in [3.05, 3.63) is 29.8 Å². The molecule has 0 heterocycles. The number of hydrogen-bond acceptors (Lipinski definition) is 3. The van der Waals surface area contributed by atoms with Crippen molar-refractivity contribution in [2.45, 2.75) is 37.8 Å². The van der Waals surface area contributed by atoms with E-state index in [0.717, 1.165) is 18.4 Å². The normalized spacial score (nSPS) is 18.1. The number of nitrogens with one attached hydrogen (secondary N) is 1. The Bertz CT molecular complexity index is 400. The number of primary amides is 1. The molecule has 1 aliphatic rings. The minimum atomic E-state index is -0.509. The molecule has 0 bridgehead atoms. The van der Waals surface area contributed by atoms with Gasteiger partial charge in [0.25, 0.3) is 0 Å². The van der Waals surface area contributed by atoms with E-state index in [4.69, 9.17) is 5.73 Å². The zero-order valence-corrected chi connectivity index (χ0v) is 9.73. The van der Waals surface area contributed by atoms with E-state index in [2.05, 4.69) is 5.32 Å². The van der Waals surface area contributed by atoms with E-state index in [-0.39, 0.29) is 5.75 Å². The van der Waals surface area contributed by atoms with Crippen LogP contribution in [0.4, 0.5) is 0 Å². The fraction of sp³-hybridized carbons (Fsp3) is 0.462. The second-order valence-corrected chi connectivity index (χ2v) is 4.58. The third-order valence-electron chi connectivity index (χ3n) is 3.25. The number of phenolic OH excluding ortho intramolecular Hbond substituents is 1. The topological polar surface area (TPSA) is 75.4 Å². The van der Waals surface area contributed by atoms with Gasteiger partial charge in [-0.05, 0) is 30.5 Å². The van der Waals surface area contributed by atoms with Crippen molar-refractivity contribution in [3.8, 4) is 5.75 Å². The standard InChI is InChI=1S/C13H18N2O2/c14-13(17)12(15-10-5-1-2-6-10)9-4-3-7-11(16)8-9/h3-4,7-8,10,12,15-16H,1-2,5-6H2,(H2,14,17). The zero-order valence-electron chi connectivity index (χ0n) is 9.73. The van der Waals surface area contributed by atoms with Gasteiger partial charge in [0.15, 0.2) is 0 Å². The fourth-order valence-corrected chi connectivity index (χ4v) is 2.38. The lowest BCUT2D eigenvalue weighted by molar-refractivity contribution is -0.120. The molecule has 1 unspecified atom stereocenters. The maximum atomic E-state index is 11.5. The number of benzene rings is 1. The minimum absolute atomic E-state index is 0.155. The third-order valence-corrected chi connectivity index (χ3v) is 3.25. The second-order valence-electron chi connectivity index (χ2n) is 4.58. The Kier molecular flexibility index (Phi) is 3.64. The molecule has 4 N–H and O–H groups in total. The molecule has 1 amide bonds. The van der Waals surface area contributed by atoms with Crippen LogP contribution in [0.5, 0.6) is 5.75 Å². The molecule has 1 aromatic rings. The highest BCUT2D eigenvalue weighted by molar-refractivity contribution is 5.81. The number of rotatable bonds is 4. The van der Waals surface area contributed by atoms with Crippen LogP contribution < -0.4 is 11.1 Å². The van der Waals surface area contributed by atoms with Gasteiger partial charge in [-0.3, -0.25) is 10.1 Å². The Morgan fingerprint density at radius 2 is 2.12 bits per heavy atom. The Hall–Kier alpha value is -1.55. The van der Waals surface area contributed by atoms with E-state index < -0.39 is 11.9 Å². The fourth-order valence-electron chi connectivity index (χ4n) is 2.38. The summed E-state index contributed by atoms with van der Waals surface area (Å²) >= 11 is 0. The summed E-state index contributed by atoms with van der Waals surface area (Å²) in [6.07, 6.45) is 4.57. The van der Waals surface area contributed by atoms with Crippen LogP contribution in [-0.4, -0.2) is 17.1 Å². The number of carbonyl (C=O) groups excluding carboxylic acids is 1. The molecule has 1 aliphatic carbocycles. The molecule has 17 heavy (non-hydrogen) atoms. The first-order valence-electron chi connectivity index (χ1n) is 6.01. The van der Waals surface area contributed by atoms with Crippen molar-refractivity contribution in [2.75, 3.05) is 0 Å². The number of nitrogens with two attached hydrogens (primary N) is 1. The van der Waals surface area contributed by atoms with E-state index in [1.807, 2.05) is 0 Å². The number of aromatic hydroxyl groups is 1. The van der Waals surface area contributed by atoms with E-state index in [1.165, 1.54) is 12.8 Å². The molecule has 1 aromatic carbocycles. The van der Waals surface area contributed by atoms with Crippen LogP contribution in [0.1, 0.15) is 37.3 Å². The van der Waals surface area contributed by atoms with Gasteiger partial charge >= 0.3 is 0 Å². The van der Waals surface area contributed by atoms with Crippen molar-refractivity contribution in [3.63, 3.8) is 0 Å². The lowest BCUT2D eigenvalue weighted by atomic mass is 10.0. The highest BCUT2D eigenvalue weighted by Crippen LogP contribution is 2.23. The van der Waals surface area contributed by atoms with E-state index >= 15 is 0 Å². The molecule has 4 heteroatoms. The molecule has 92 valence electrons. The first-order valence-corrected chi connectivity index (χ1v) is 6.01. The lowest BCUT2D eigenvalue weighted by Gasteiger charge is -2.20. The molecule has 1 saturated carbocycles. The van der Waals surface area contributed by atoms with Crippen LogP contribution in [0.25, 0.3) is 0 Å². The van der Waals surface area contributed by atoms with Crippen LogP contribution in [0.3, 0.4) is 0 Å². The number of hydrogen-bond donors (Lipinski definition) is 3. The van der Waals surface area contributed by atoms with Gasteiger partial charge in [0, 0.05) is 6.04 Å². The minimum Gasteiger partial charge on any atom is -0.508 e. The maximum absolute atomic E-state index is 11.5. The second kappa shape index (κ2) is 5.19. The third kappa shape index (κ3) is 2.97. The van der Waals surface area contributed by atoms with Gasteiger partial charge in [-0.25, -0.2) is 0 Å². The first kappa shape index (κ1) is 11.9. The molecule has 0 radical (unpaired) electrons. The van der Waals surface area contributed by atoms with Crippen molar-refractivity contribution >= 4 is 5.91 Å². The predicted molar refractivity (Wildman–Crippen MR) is 65.4 cm³/mol. The Morgan fingerprint density at radius 3 is 2.71 bits per heavy atom. The molecule has 0 spiro atoms. The first-order chi connectivity index (χ1) is 8.16. The van der Waals surface area contributed by atoms with Gasteiger partial charge in [-0.1, -0.05) is 25.0 Å². The van der Waals surface area contributed by atoms with Crippen LogP contribution in [0, 0.1) is 0 Å². The van der Waals surface area contributed by atoms with E-state index in [0.29, 0.717) is 6.04 Å². The SMILES string of the molecule is NC(=O)C(NC1CCCC1)c1cccc(O)c1. The van der Waals surface area contributed by atoms with Gasteiger partial charge in [0.05, 0.1) is 0 Å². The highest BCUT2D eigenvalue weighted by Gasteiger charge is 2.23. The summed E-state index contributed by atoms with van der Waals surface area (Å²) in [6.45, 7) is 0. The summed E-state index contributed by atoms with van der Waals surface area (Å²) < 4.78 is 0. The summed E-state index contributed by atoms with van der Waals surface area (Å²) in [4.78, 5) is 11.5. The van der Waals surface area contributed by atoms with Crippen molar-refractivity contribution in [1.82, 2.24) is 5.32 Å². The lowest BCUT2D eigenvalue weighted by Crippen LogP contribution is -2.38. The summed E-state index contributed by atoms with van der Waals surface area (Å²) in [5, 5.41) is 12.7. The van der Waals surface area contributed by atoms with Gasteiger partial charge in [0.1, 0.15) is 11.8 Å². The van der Waals surface area contributed by atoms with Crippen LogP contribution in [0.15, 0.2) is 24.3 Å². The van der Waals surface area contributed by atoms with Crippen molar-refractivity contribution in [1.29, 1.82) is 0 Å². The van der Waals surface area contributed by atoms with Crippen LogP contribution in [0.2, 0.25) is 0 Å². The molecule has 2 rings (SSSR count). The van der Waals surface area contributed by atoms with Gasteiger partial charge in [-0.15, -0.1) is 0 Å². The predicted octanol–water partition coefficient (Wildman–Crippen LogP) is 1.45. The zero-order chi connectivity index (χ0) is 12.3. The smallest absolute Gasteiger partial charge is 0.239 e. The van der Waals surface area contributed by atoms with Crippen molar-refractivity contribution in [2.24, 2.45) is 5.73 Å². The Morgan fingerprint density at radius 1 is 1.41 bits per heavy atom. The van der Waals surface area contributed by atoms with E-state index in [9.17, 15) is 9.90 Å². The quantitative estimate of drug-likeness (QED) is 0.738. The van der Waals surface area contributed by atoms with Crippen molar-refractivity contribution < 1.29 is 9.90 Å². The molecule has 0 aliphatic heterocycles. The molecule has 0 saturated heterocycles. The molecule has 0 aromatic heterocycles. The summed E-state index contributed by atoms with van der Waals surface area (Å²) in [6, 6.07) is 6.53. The molecule has 1 atom stereocenters. The molecular formula is C13H18N2O2. The Labute approximate surface area is 101 Å². The van der Waals surface area contributed by atoms with Crippen LogP contribution in [-0.2, 0) is 4.79 Å². The number of amides is 1. The Balaban J connectivity index is 2.13. The molecular weight excluding hydrogens is 216 g/mol. The number of phenols is 1. The van der Waals surface area contributed by atoms with Crippen LogP contribution >= 0.6 is 0 Å².